The van der Waals surface area contributed by atoms with E-state index in [1.165, 1.54) is 29.4 Å². The SMILES string of the molecule is N#CC(=C1CCCCC1)c1nc(-c2ccccc2F)cs1. The van der Waals surface area contributed by atoms with Gasteiger partial charge in [-0.1, -0.05) is 18.6 Å². The summed E-state index contributed by atoms with van der Waals surface area (Å²) in [4.78, 5) is 4.49. The van der Waals surface area contributed by atoms with Crippen LogP contribution >= 0.6 is 11.3 Å². The molecule has 4 heteroatoms. The number of rotatable bonds is 2. The maximum absolute atomic E-state index is 13.8. The summed E-state index contributed by atoms with van der Waals surface area (Å²) in [6.07, 6.45) is 5.49. The van der Waals surface area contributed by atoms with Crippen molar-refractivity contribution >= 4 is 16.9 Å². The van der Waals surface area contributed by atoms with Gasteiger partial charge in [0.25, 0.3) is 0 Å². The zero-order chi connectivity index (χ0) is 14.7. The Morgan fingerprint density at radius 2 is 1.95 bits per heavy atom. The lowest BCUT2D eigenvalue weighted by atomic mass is 9.91. The minimum Gasteiger partial charge on any atom is -0.235 e. The average Bonchev–Trinajstić information content (AvgIpc) is 2.99. The van der Waals surface area contributed by atoms with E-state index < -0.39 is 0 Å². The van der Waals surface area contributed by atoms with Crippen molar-refractivity contribution < 1.29 is 4.39 Å². The van der Waals surface area contributed by atoms with Crippen LogP contribution in [0.1, 0.15) is 37.1 Å². The van der Waals surface area contributed by atoms with Crippen LogP contribution in [0.2, 0.25) is 0 Å². The van der Waals surface area contributed by atoms with Crippen molar-refractivity contribution in [1.29, 1.82) is 5.26 Å². The van der Waals surface area contributed by atoms with Gasteiger partial charge in [-0.25, -0.2) is 9.37 Å². The first-order valence-corrected chi connectivity index (χ1v) is 8.00. The molecule has 3 rings (SSSR count). The number of nitriles is 1. The highest BCUT2D eigenvalue weighted by Crippen LogP contribution is 2.33. The van der Waals surface area contributed by atoms with Crippen LogP contribution in [0.5, 0.6) is 0 Å². The Balaban J connectivity index is 1.98. The van der Waals surface area contributed by atoms with Crippen molar-refractivity contribution in [1.82, 2.24) is 4.98 Å². The first kappa shape index (κ1) is 14.0. The monoisotopic (exact) mass is 298 g/mol. The van der Waals surface area contributed by atoms with Crippen LogP contribution in [-0.2, 0) is 0 Å². The van der Waals surface area contributed by atoms with E-state index in [0.29, 0.717) is 21.8 Å². The number of hydrogen-bond donors (Lipinski definition) is 0. The Bertz CT molecular complexity index is 716. The summed E-state index contributed by atoms with van der Waals surface area (Å²) in [6, 6.07) is 8.90. The highest BCUT2D eigenvalue weighted by molar-refractivity contribution is 7.11. The molecule has 0 amide bonds. The highest BCUT2D eigenvalue weighted by Gasteiger charge is 2.17. The van der Waals surface area contributed by atoms with Gasteiger partial charge in [-0.15, -0.1) is 11.3 Å². The zero-order valence-corrected chi connectivity index (χ0v) is 12.4. The van der Waals surface area contributed by atoms with Crippen LogP contribution < -0.4 is 0 Å². The molecule has 0 radical (unpaired) electrons. The number of thiazole rings is 1. The molecule has 1 aliphatic carbocycles. The van der Waals surface area contributed by atoms with Gasteiger partial charge >= 0.3 is 0 Å². The second-order valence-electron chi connectivity index (χ2n) is 5.17. The molecule has 1 aromatic heterocycles. The molecule has 0 aliphatic heterocycles. The van der Waals surface area contributed by atoms with E-state index >= 15 is 0 Å². The second kappa shape index (κ2) is 6.19. The third kappa shape index (κ3) is 2.88. The number of nitrogens with zero attached hydrogens (tertiary/aromatic N) is 2. The van der Waals surface area contributed by atoms with Gasteiger partial charge in [0.2, 0.25) is 0 Å². The third-order valence-electron chi connectivity index (χ3n) is 3.79. The van der Waals surface area contributed by atoms with Gasteiger partial charge in [0.15, 0.2) is 0 Å². The molecule has 1 fully saturated rings. The molecule has 1 aliphatic rings. The maximum Gasteiger partial charge on any atom is 0.134 e. The molecule has 1 saturated carbocycles. The fourth-order valence-electron chi connectivity index (χ4n) is 2.69. The van der Waals surface area contributed by atoms with Gasteiger partial charge in [-0.05, 0) is 43.4 Å². The van der Waals surface area contributed by atoms with Gasteiger partial charge < -0.3 is 0 Å². The Morgan fingerprint density at radius 1 is 1.19 bits per heavy atom. The van der Waals surface area contributed by atoms with E-state index in [9.17, 15) is 9.65 Å². The lowest BCUT2D eigenvalue weighted by Gasteiger charge is -2.14. The van der Waals surface area contributed by atoms with Crippen LogP contribution in [0.25, 0.3) is 16.8 Å². The molecule has 1 heterocycles. The number of aromatic nitrogens is 1. The molecule has 0 atom stereocenters. The molecule has 0 unspecified atom stereocenters. The highest BCUT2D eigenvalue weighted by atomic mass is 32.1. The first-order chi connectivity index (χ1) is 10.3. The van der Waals surface area contributed by atoms with E-state index in [2.05, 4.69) is 11.1 Å². The summed E-state index contributed by atoms with van der Waals surface area (Å²) in [5.41, 5.74) is 3.00. The predicted molar refractivity (Wildman–Crippen MR) is 83.1 cm³/mol. The third-order valence-corrected chi connectivity index (χ3v) is 4.65. The van der Waals surface area contributed by atoms with Crippen molar-refractivity contribution in [2.45, 2.75) is 32.1 Å². The van der Waals surface area contributed by atoms with Crippen molar-refractivity contribution in [2.75, 3.05) is 0 Å². The van der Waals surface area contributed by atoms with E-state index in [-0.39, 0.29) is 5.82 Å². The zero-order valence-electron chi connectivity index (χ0n) is 11.6. The molecule has 21 heavy (non-hydrogen) atoms. The Hall–Kier alpha value is -1.99. The minimum absolute atomic E-state index is 0.279. The molecule has 0 spiro atoms. The summed E-state index contributed by atoms with van der Waals surface area (Å²) in [5.74, 6) is -0.279. The molecule has 106 valence electrons. The Morgan fingerprint density at radius 3 is 2.67 bits per heavy atom. The largest absolute Gasteiger partial charge is 0.235 e. The summed E-state index contributed by atoms with van der Waals surface area (Å²) in [7, 11) is 0. The quantitative estimate of drug-likeness (QED) is 0.715. The number of hydrogen-bond acceptors (Lipinski definition) is 3. The lowest BCUT2D eigenvalue weighted by Crippen LogP contribution is -1.97. The lowest BCUT2D eigenvalue weighted by molar-refractivity contribution is 0.601. The van der Waals surface area contributed by atoms with Gasteiger partial charge in [0.1, 0.15) is 16.9 Å². The van der Waals surface area contributed by atoms with Crippen LogP contribution in [0, 0.1) is 17.1 Å². The van der Waals surface area contributed by atoms with Crippen molar-refractivity contribution in [3.63, 3.8) is 0 Å². The number of benzene rings is 1. The van der Waals surface area contributed by atoms with Gasteiger partial charge in [0, 0.05) is 10.9 Å². The van der Waals surface area contributed by atoms with E-state index in [4.69, 9.17) is 0 Å². The summed E-state index contributed by atoms with van der Waals surface area (Å²) >= 11 is 1.42. The smallest absolute Gasteiger partial charge is 0.134 e. The van der Waals surface area contributed by atoms with Crippen LogP contribution in [0.3, 0.4) is 0 Å². The fourth-order valence-corrected chi connectivity index (χ4v) is 3.55. The summed E-state index contributed by atoms with van der Waals surface area (Å²) in [5, 5.41) is 12.0. The molecule has 1 aromatic carbocycles. The standard InChI is InChI=1S/C17H15FN2S/c18-15-9-5-4-8-13(15)16-11-21-17(20-16)14(10-19)12-6-2-1-3-7-12/h4-5,8-9,11H,1-3,6-7H2. The molecular formula is C17H15FN2S. The molecular weight excluding hydrogens is 283 g/mol. The predicted octanol–water partition coefficient (Wildman–Crippen LogP) is 5.19. The van der Waals surface area contributed by atoms with Crippen LogP contribution in [0.15, 0.2) is 35.2 Å². The van der Waals surface area contributed by atoms with Gasteiger partial charge in [-0.3, -0.25) is 0 Å². The maximum atomic E-state index is 13.8. The Kier molecular flexibility index (Phi) is 4.12. The number of halogens is 1. The summed E-state index contributed by atoms with van der Waals surface area (Å²) in [6.45, 7) is 0. The van der Waals surface area contributed by atoms with Gasteiger partial charge in [0.05, 0.1) is 11.3 Å². The topological polar surface area (TPSA) is 36.7 Å². The second-order valence-corrected chi connectivity index (χ2v) is 6.03. The first-order valence-electron chi connectivity index (χ1n) is 7.12. The molecule has 0 saturated heterocycles. The van der Waals surface area contributed by atoms with E-state index in [1.54, 1.807) is 18.2 Å². The average molecular weight is 298 g/mol. The summed E-state index contributed by atoms with van der Waals surface area (Å²) < 4.78 is 13.8. The van der Waals surface area contributed by atoms with E-state index in [1.807, 2.05) is 5.38 Å². The van der Waals surface area contributed by atoms with Gasteiger partial charge in [-0.2, -0.15) is 5.26 Å². The van der Waals surface area contributed by atoms with Crippen molar-refractivity contribution in [3.05, 3.63) is 46.0 Å². The van der Waals surface area contributed by atoms with E-state index in [0.717, 1.165) is 25.7 Å². The van der Waals surface area contributed by atoms with Crippen molar-refractivity contribution in [2.24, 2.45) is 0 Å². The normalized spacial score (nSPS) is 14.8. The fraction of sp³-hybridized carbons (Fsp3) is 0.294. The molecule has 2 aromatic rings. The molecule has 0 bridgehead atoms. The molecule has 0 N–H and O–H groups in total. The minimum atomic E-state index is -0.279. The molecule has 2 nitrogen and oxygen atoms in total. The van der Waals surface area contributed by atoms with Crippen LogP contribution in [0.4, 0.5) is 4.39 Å². The number of allylic oxidation sites excluding steroid dienone is 2. The van der Waals surface area contributed by atoms with Crippen molar-refractivity contribution in [3.8, 4) is 17.3 Å². The Labute approximate surface area is 127 Å². The van der Waals surface area contributed by atoms with Crippen LogP contribution in [-0.4, -0.2) is 4.98 Å².